The number of benzene rings is 2. The summed E-state index contributed by atoms with van der Waals surface area (Å²) in [4.78, 5) is 15.2. The maximum atomic E-state index is 14.7. The molecular formula is C24H26FN3O3. The molecule has 3 N–H and O–H groups in total. The number of carbonyl (C=O) groups is 1. The van der Waals surface area contributed by atoms with Crippen molar-refractivity contribution in [3.8, 4) is 11.1 Å². The standard InChI is InChI=1S/C24H26FN3O3/c1-13(26)31-22(27)18-10-9-15(11-19(18)25)17-6-4-5-16-12-28(23(29)20(16)17)21(14-7-8-14)24(2,3)30/h4-6,9-11,14,21,26-27,30H,7-8,12H2,1-3H3. The molecule has 0 aromatic heterocycles. The van der Waals surface area contributed by atoms with Crippen molar-refractivity contribution in [3.63, 3.8) is 0 Å². The highest BCUT2D eigenvalue weighted by atomic mass is 19.1. The Balaban J connectivity index is 1.70. The molecule has 1 aliphatic heterocycles. The lowest BCUT2D eigenvalue weighted by atomic mass is 9.92. The quantitative estimate of drug-likeness (QED) is 0.493. The maximum Gasteiger partial charge on any atom is 0.255 e. The van der Waals surface area contributed by atoms with Crippen LogP contribution in [-0.4, -0.2) is 39.4 Å². The Kier molecular flexibility index (Phi) is 5.17. The van der Waals surface area contributed by atoms with E-state index in [1.165, 1.54) is 19.1 Å². The zero-order valence-corrected chi connectivity index (χ0v) is 17.8. The van der Waals surface area contributed by atoms with Crippen molar-refractivity contribution >= 4 is 17.7 Å². The summed E-state index contributed by atoms with van der Waals surface area (Å²) in [6, 6.07) is 9.62. The van der Waals surface area contributed by atoms with Crippen LogP contribution in [0.15, 0.2) is 36.4 Å². The van der Waals surface area contributed by atoms with Gasteiger partial charge < -0.3 is 14.7 Å². The molecule has 4 rings (SSSR count). The van der Waals surface area contributed by atoms with Crippen molar-refractivity contribution in [2.24, 2.45) is 5.92 Å². The van der Waals surface area contributed by atoms with Gasteiger partial charge in [-0.15, -0.1) is 0 Å². The number of amides is 1. The van der Waals surface area contributed by atoms with Crippen molar-refractivity contribution in [2.75, 3.05) is 0 Å². The van der Waals surface area contributed by atoms with Crippen LogP contribution in [0.4, 0.5) is 4.39 Å². The van der Waals surface area contributed by atoms with E-state index in [9.17, 15) is 14.3 Å². The maximum absolute atomic E-state index is 14.7. The summed E-state index contributed by atoms with van der Waals surface area (Å²) >= 11 is 0. The highest BCUT2D eigenvalue weighted by molar-refractivity contribution is 6.05. The van der Waals surface area contributed by atoms with Gasteiger partial charge in [-0.25, -0.2) is 4.39 Å². The molecule has 2 aromatic rings. The van der Waals surface area contributed by atoms with Gasteiger partial charge in [0.25, 0.3) is 5.91 Å². The molecule has 1 aliphatic carbocycles. The van der Waals surface area contributed by atoms with Crippen molar-refractivity contribution < 1.29 is 19.0 Å². The van der Waals surface area contributed by atoms with E-state index in [0.29, 0.717) is 29.2 Å². The summed E-state index contributed by atoms with van der Waals surface area (Å²) in [5, 5.41) is 25.9. The van der Waals surface area contributed by atoms with E-state index in [1.54, 1.807) is 30.9 Å². The summed E-state index contributed by atoms with van der Waals surface area (Å²) < 4.78 is 19.6. The molecular weight excluding hydrogens is 397 g/mol. The van der Waals surface area contributed by atoms with Gasteiger partial charge in [0.15, 0.2) is 5.90 Å². The van der Waals surface area contributed by atoms with Gasteiger partial charge in [-0.2, -0.15) is 0 Å². The van der Waals surface area contributed by atoms with Gasteiger partial charge >= 0.3 is 0 Å². The molecule has 1 saturated carbocycles. The first-order valence-electron chi connectivity index (χ1n) is 10.3. The molecule has 31 heavy (non-hydrogen) atoms. The van der Waals surface area contributed by atoms with Gasteiger partial charge in [0.1, 0.15) is 5.82 Å². The van der Waals surface area contributed by atoms with Gasteiger partial charge in [-0.3, -0.25) is 15.6 Å². The van der Waals surface area contributed by atoms with Crippen LogP contribution in [0, 0.1) is 22.6 Å². The molecule has 162 valence electrons. The predicted molar refractivity (Wildman–Crippen MR) is 116 cm³/mol. The Hall–Kier alpha value is -3.06. The fourth-order valence-corrected chi connectivity index (χ4v) is 4.55. The highest BCUT2D eigenvalue weighted by Gasteiger charge is 2.48. The second-order valence-corrected chi connectivity index (χ2v) is 8.89. The van der Waals surface area contributed by atoms with Crippen molar-refractivity contribution in [2.45, 2.75) is 51.8 Å². The van der Waals surface area contributed by atoms with Gasteiger partial charge in [-0.05, 0) is 61.4 Å². The topological polar surface area (TPSA) is 97.5 Å². The molecule has 1 amide bonds. The molecule has 0 spiro atoms. The van der Waals surface area contributed by atoms with Crippen LogP contribution in [0.5, 0.6) is 0 Å². The zero-order chi connectivity index (χ0) is 22.5. The summed E-state index contributed by atoms with van der Waals surface area (Å²) in [7, 11) is 0. The van der Waals surface area contributed by atoms with Crippen LogP contribution >= 0.6 is 0 Å². The number of hydrogen-bond acceptors (Lipinski definition) is 5. The number of aliphatic hydroxyl groups is 1. The van der Waals surface area contributed by atoms with E-state index < -0.39 is 17.3 Å². The van der Waals surface area contributed by atoms with Gasteiger partial charge in [0.2, 0.25) is 5.90 Å². The van der Waals surface area contributed by atoms with Crippen LogP contribution in [0.2, 0.25) is 0 Å². The van der Waals surface area contributed by atoms with Gasteiger partial charge in [0, 0.05) is 13.5 Å². The molecule has 0 saturated heterocycles. The number of ether oxygens (including phenoxy) is 1. The van der Waals surface area contributed by atoms with E-state index in [1.807, 2.05) is 12.1 Å². The Morgan fingerprint density at radius 3 is 2.55 bits per heavy atom. The second kappa shape index (κ2) is 7.57. The largest absolute Gasteiger partial charge is 0.425 e. The van der Waals surface area contributed by atoms with Crippen LogP contribution < -0.4 is 0 Å². The number of fused-ring (bicyclic) bond motifs is 1. The predicted octanol–water partition coefficient (Wildman–Crippen LogP) is 4.34. The summed E-state index contributed by atoms with van der Waals surface area (Å²) in [6.45, 7) is 5.28. The van der Waals surface area contributed by atoms with Crippen LogP contribution in [0.3, 0.4) is 0 Å². The third-order valence-corrected chi connectivity index (χ3v) is 5.87. The average molecular weight is 423 g/mol. The first kappa shape index (κ1) is 21.2. The molecule has 1 heterocycles. The lowest BCUT2D eigenvalue weighted by Gasteiger charge is -2.37. The molecule has 1 unspecified atom stereocenters. The van der Waals surface area contributed by atoms with Gasteiger partial charge in [0.05, 0.1) is 22.8 Å². The molecule has 1 atom stereocenters. The number of hydrogen-bond donors (Lipinski definition) is 3. The number of nitrogens with zero attached hydrogens (tertiary/aromatic N) is 1. The second-order valence-electron chi connectivity index (χ2n) is 8.89. The number of nitrogens with one attached hydrogen (secondary N) is 2. The minimum absolute atomic E-state index is 0.0493. The third kappa shape index (κ3) is 3.97. The van der Waals surface area contributed by atoms with E-state index in [-0.39, 0.29) is 23.4 Å². The van der Waals surface area contributed by atoms with E-state index >= 15 is 0 Å². The fourth-order valence-electron chi connectivity index (χ4n) is 4.55. The van der Waals surface area contributed by atoms with Crippen molar-refractivity contribution in [1.82, 2.24) is 4.90 Å². The number of halogens is 1. The fraction of sp³-hybridized carbons (Fsp3) is 0.375. The van der Waals surface area contributed by atoms with E-state index in [2.05, 4.69) is 0 Å². The average Bonchev–Trinajstić information content (AvgIpc) is 3.44. The molecule has 0 radical (unpaired) electrons. The zero-order valence-electron chi connectivity index (χ0n) is 17.8. The molecule has 0 bridgehead atoms. The van der Waals surface area contributed by atoms with Crippen molar-refractivity contribution in [3.05, 3.63) is 58.9 Å². The van der Waals surface area contributed by atoms with E-state index in [4.69, 9.17) is 15.6 Å². The van der Waals surface area contributed by atoms with E-state index in [0.717, 1.165) is 18.4 Å². The monoisotopic (exact) mass is 423 g/mol. The summed E-state index contributed by atoms with van der Waals surface area (Å²) in [5.41, 5.74) is 1.48. The smallest absolute Gasteiger partial charge is 0.255 e. The molecule has 2 aromatic carbocycles. The lowest BCUT2D eigenvalue weighted by Crippen LogP contribution is -2.51. The van der Waals surface area contributed by atoms with Crippen LogP contribution in [-0.2, 0) is 11.3 Å². The molecule has 6 nitrogen and oxygen atoms in total. The first-order valence-corrected chi connectivity index (χ1v) is 10.3. The Bertz CT molecular complexity index is 1090. The SMILES string of the molecule is CC(=N)OC(=N)c1ccc(-c2cccc3c2C(=O)N(C(C2CC2)C(C)(C)O)C3)cc1F. The number of carbonyl (C=O) groups excluding carboxylic acids is 1. The molecule has 7 heteroatoms. The Morgan fingerprint density at radius 1 is 1.26 bits per heavy atom. The molecule has 2 aliphatic rings. The summed E-state index contributed by atoms with van der Waals surface area (Å²) in [6.07, 6.45) is 2.00. The highest BCUT2D eigenvalue weighted by Crippen LogP contribution is 2.44. The third-order valence-electron chi connectivity index (χ3n) is 5.87. The number of rotatable bonds is 5. The lowest BCUT2D eigenvalue weighted by molar-refractivity contribution is -0.0224. The normalized spacial score (nSPS) is 16.8. The summed E-state index contributed by atoms with van der Waals surface area (Å²) in [5.74, 6) is -1.14. The first-order chi connectivity index (χ1) is 14.6. The van der Waals surface area contributed by atoms with Crippen LogP contribution in [0.1, 0.15) is 55.1 Å². The Labute approximate surface area is 180 Å². The van der Waals surface area contributed by atoms with Crippen LogP contribution in [0.25, 0.3) is 11.1 Å². The van der Waals surface area contributed by atoms with Crippen molar-refractivity contribution in [1.29, 1.82) is 10.8 Å². The minimum atomic E-state index is -1.01. The Morgan fingerprint density at radius 2 is 1.97 bits per heavy atom. The van der Waals surface area contributed by atoms with Gasteiger partial charge in [-0.1, -0.05) is 24.3 Å². The molecule has 1 fully saturated rings. The minimum Gasteiger partial charge on any atom is -0.425 e.